The second-order valence-electron chi connectivity index (χ2n) is 2.52. The number of unbranched alkanes of at least 4 members (excludes halogenated alkanes) is 1. The Morgan fingerprint density at radius 2 is 2.30 bits per heavy atom. The van der Waals surface area contributed by atoms with Crippen LogP contribution in [0, 0.1) is 13.1 Å². The highest BCUT2D eigenvalue weighted by atomic mass is 15.2. The van der Waals surface area contributed by atoms with Gasteiger partial charge in [0.2, 0.25) is 0 Å². The van der Waals surface area contributed by atoms with E-state index in [1.54, 1.807) is 0 Å². The van der Waals surface area contributed by atoms with Gasteiger partial charge in [-0.1, -0.05) is 13.3 Å². The topological polar surface area (TPSA) is 6.02 Å². The van der Waals surface area contributed by atoms with Gasteiger partial charge in [-0.05, 0) is 0 Å². The summed E-state index contributed by atoms with van der Waals surface area (Å²) in [5.74, 6) is 0. The zero-order chi connectivity index (χ0) is 7.40. The largest absolute Gasteiger partial charge is 0.296 e. The summed E-state index contributed by atoms with van der Waals surface area (Å²) >= 11 is 0. The van der Waals surface area contributed by atoms with Gasteiger partial charge in [0.1, 0.15) is 6.54 Å². The molecule has 0 aliphatic carbocycles. The lowest BCUT2D eigenvalue weighted by Gasteiger charge is -1.96. The maximum atomic E-state index is 3.75. The second kappa shape index (κ2) is 3.30. The summed E-state index contributed by atoms with van der Waals surface area (Å²) in [6.45, 7) is 11.0. The van der Waals surface area contributed by atoms with E-state index in [4.69, 9.17) is 0 Å². The van der Waals surface area contributed by atoms with E-state index < -0.39 is 0 Å². The number of hydrogen-bond acceptors (Lipinski definition) is 0. The molecule has 1 aliphatic heterocycles. The van der Waals surface area contributed by atoms with Crippen LogP contribution in [0.1, 0.15) is 19.8 Å². The first-order valence-corrected chi connectivity index (χ1v) is 3.71. The minimum absolute atomic E-state index is 1.11. The molecular weight excluding hydrogens is 124 g/mol. The average Bonchev–Trinajstić information content (AvgIpc) is 2.31. The van der Waals surface area contributed by atoms with Crippen LogP contribution >= 0.6 is 0 Å². The minimum Gasteiger partial charge on any atom is -0.296 e. The fourth-order valence-electron chi connectivity index (χ4n) is 0.912. The molecule has 1 aliphatic rings. The van der Waals surface area contributed by atoms with Crippen LogP contribution in [0.5, 0.6) is 0 Å². The summed E-state index contributed by atoms with van der Waals surface area (Å²) in [6.07, 6.45) is 4.49. The zero-order valence-electron chi connectivity index (χ0n) is 6.45. The lowest BCUT2D eigenvalue weighted by molar-refractivity contribution is -0.484. The molecule has 0 aromatic rings. The Hall–Kier alpha value is -0.920. The van der Waals surface area contributed by atoms with Crippen LogP contribution in [0.15, 0.2) is 0 Å². The van der Waals surface area contributed by atoms with Crippen molar-refractivity contribution in [3.63, 3.8) is 0 Å². The van der Waals surface area contributed by atoms with Crippen LogP contribution in [0.3, 0.4) is 0 Å². The summed E-state index contributed by atoms with van der Waals surface area (Å²) in [6, 6.07) is 0. The van der Waals surface area contributed by atoms with Crippen LogP contribution < -0.4 is 0 Å². The molecule has 0 bridgehead atoms. The molecule has 0 saturated carbocycles. The molecule has 56 valence electrons. The van der Waals surface area contributed by atoms with E-state index in [1.165, 1.54) is 12.8 Å². The van der Waals surface area contributed by atoms with Crippen molar-refractivity contribution in [3.05, 3.63) is 13.1 Å². The fraction of sp³-hybridized carbons (Fsp3) is 0.500. The van der Waals surface area contributed by atoms with E-state index in [0.717, 1.165) is 6.54 Å². The molecule has 1 rings (SSSR count). The summed E-state index contributed by atoms with van der Waals surface area (Å²) in [5.41, 5.74) is 0. The molecular formula is C8H14N2. The first-order chi connectivity index (χ1) is 4.83. The number of nitrogens with zero attached hydrogens (tertiary/aromatic N) is 2. The predicted octanol–water partition coefficient (Wildman–Crippen LogP) is 0.878. The fourth-order valence-corrected chi connectivity index (χ4v) is 0.912. The summed E-state index contributed by atoms with van der Waals surface area (Å²) in [7, 11) is 0. The Morgan fingerprint density at radius 1 is 1.50 bits per heavy atom. The SMILES string of the molecule is C=[N+]1C=[N+](CCCC)[CH-][CH-]1. The third kappa shape index (κ3) is 1.79. The molecule has 0 radical (unpaired) electrons. The highest BCUT2D eigenvalue weighted by Gasteiger charge is 2.06. The molecule has 0 atom stereocenters. The predicted molar refractivity (Wildman–Crippen MR) is 42.1 cm³/mol. The van der Waals surface area contributed by atoms with Gasteiger partial charge in [-0.15, -0.1) is 0 Å². The number of hydrogen-bond donors (Lipinski definition) is 0. The van der Waals surface area contributed by atoms with Crippen LogP contribution in [0.2, 0.25) is 0 Å². The summed E-state index contributed by atoms with van der Waals surface area (Å²) in [5, 5.41) is 0. The van der Waals surface area contributed by atoms with E-state index >= 15 is 0 Å². The van der Waals surface area contributed by atoms with E-state index in [9.17, 15) is 0 Å². The molecule has 0 amide bonds. The number of rotatable bonds is 3. The monoisotopic (exact) mass is 138 g/mol. The van der Waals surface area contributed by atoms with Gasteiger partial charge in [-0.3, -0.25) is 9.15 Å². The molecule has 2 nitrogen and oxygen atoms in total. The van der Waals surface area contributed by atoms with E-state index in [2.05, 4.69) is 18.2 Å². The molecule has 0 unspecified atom stereocenters. The van der Waals surface area contributed by atoms with Crippen LogP contribution in [0.25, 0.3) is 0 Å². The molecule has 10 heavy (non-hydrogen) atoms. The van der Waals surface area contributed by atoms with Crippen molar-refractivity contribution in [3.8, 4) is 0 Å². The van der Waals surface area contributed by atoms with Gasteiger partial charge in [0.25, 0.3) is 6.34 Å². The second-order valence-corrected chi connectivity index (χ2v) is 2.52. The molecule has 0 aromatic carbocycles. The van der Waals surface area contributed by atoms with Crippen molar-refractivity contribution in [2.75, 3.05) is 6.54 Å². The molecule has 0 aromatic heterocycles. The normalized spacial score (nSPS) is 16.1. The third-order valence-corrected chi connectivity index (χ3v) is 1.52. The Morgan fingerprint density at radius 3 is 2.80 bits per heavy atom. The third-order valence-electron chi connectivity index (χ3n) is 1.52. The Balaban J connectivity index is 2.28. The maximum absolute atomic E-state index is 3.75. The lowest BCUT2D eigenvalue weighted by atomic mass is 10.3. The van der Waals surface area contributed by atoms with Crippen molar-refractivity contribution >= 4 is 13.1 Å². The molecule has 0 fully saturated rings. The Labute approximate surface area is 62.5 Å². The molecule has 0 saturated heterocycles. The molecule has 2 heteroatoms. The quantitative estimate of drug-likeness (QED) is 0.403. The van der Waals surface area contributed by atoms with Crippen molar-refractivity contribution in [2.24, 2.45) is 0 Å². The highest BCUT2D eigenvalue weighted by molar-refractivity contribution is 5.45. The zero-order valence-corrected chi connectivity index (χ0v) is 6.45. The average molecular weight is 138 g/mol. The first-order valence-electron chi connectivity index (χ1n) is 3.71. The first kappa shape index (κ1) is 7.19. The highest BCUT2D eigenvalue weighted by Crippen LogP contribution is 1.98. The Bertz CT molecular complexity index is 159. The minimum atomic E-state index is 1.11. The van der Waals surface area contributed by atoms with Crippen LogP contribution in [0.4, 0.5) is 0 Å². The van der Waals surface area contributed by atoms with Gasteiger partial charge in [0.05, 0.1) is 6.54 Å². The summed E-state index contributed by atoms with van der Waals surface area (Å²) in [4.78, 5) is 0. The van der Waals surface area contributed by atoms with Gasteiger partial charge < -0.3 is 0 Å². The van der Waals surface area contributed by atoms with Gasteiger partial charge in [-0.25, -0.2) is 0 Å². The maximum Gasteiger partial charge on any atom is 0.291 e. The van der Waals surface area contributed by atoms with Gasteiger partial charge in [0, 0.05) is 19.7 Å². The van der Waals surface area contributed by atoms with E-state index in [-0.39, 0.29) is 0 Å². The smallest absolute Gasteiger partial charge is 0.291 e. The Kier molecular flexibility index (Phi) is 2.37. The molecule has 1 heterocycles. The van der Waals surface area contributed by atoms with Crippen molar-refractivity contribution in [2.45, 2.75) is 19.8 Å². The van der Waals surface area contributed by atoms with E-state index in [0.29, 0.717) is 0 Å². The summed E-state index contributed by atoms with van der Waals surface area (Å²) < 4.78 is 3.96. The molecule has 0 spiro atoms. The van der Waals surface area contributed by atoms with Gasteiger partial charge in [0.15, 0.2) is 0 Å². The van der Waals surface area contributed by atoms with Crippen molar-refractivity contribution in [1.82, 2.24) is 0 Å². The van der Waals surface area contributed by atoms with Crippen LogP contribution in [-0.2, 0) is 0 Å². The lowest BCUT2D eigenvalue weighted by Crippen LogP contribution is -2.06. The van der Waals surface area contributed by atoms with E-state index in [1.807, 2.05) is 24.0 Å². The van der Waals surface area contributed by atoms with Crippen molar-refractivity contribution in [1.29, 1.82) is 0 Å². The van der Waals surface area contributed by atoms with Crippen molar-refractivity contribution < 1.29 is 9.15 Å². The van der Waals surface area contributed by atoms with Crippen LogP contribution in [-0.4, -0.2) is 28.8 Å². The van der Waals surface area contributed by atoms with Gasteiger partial charge in [-0.2, -0.15) is 0 Å². The molecule has 0 N–H and O–H groups in total. The standard InChI is InChI=1S/C8H14N2/c1-3-4-5-10-7-6-9(2)8-10/h6-8H,2-5H2,1H3. The van der Waals surface area contributed by atoms with Gasteiger partial charge >= 0.3 is 0 Å².